The van der Waals surface area contributed by atoms with Crippen LogP contribution in [0.4, 0.5) is 0 Å². The summed E-state index contributed by atoms with van der Waals surface area (Å²) in [6.45, 7) is 10.8. The van der Waals surface area contributed by atoms with Gasteiger partial charge in [-0.1, -0.05) is 20.8 Å². The van der Waals surface area contributed by atoms with Crippen molar-refractivity contribution in [2.24, 2.45) is 23.7 Å². The minimum Gasteiger partial charge on any atom is -0.541 e. The monoisotopic (exact) mass is 446 g/mol. The highest BCUT2D eigenvalue weighted by molar-refractivity contribution is 6.74. The van der Waals surface area contributed by atoms with E-state index in [4.69, 9.17) is 13.9 Å². The quantitative estimate of drug-likeness (QED) is 0.427. The van der Waals surface area contributed by atoms with Gasteiger partial charge in [0.15, 0.2) is 5.75 Å². The molecule has 0 saturated heterocycles. The van der Waals surface area contributed by atoms with Crippen molar-refractivity contribution in [1.82, 2.24) is 0 Å². The van der Waals surface area contributed by atoms with E-state index >= 15 is 0 Å². The Bertz CT molecular complexity index is 794. The number of methoxy groups -OCH3 is 2. The van der Waals surface area contributed by atoms with Crippen LogP contribution in [0, 0.1) is 23.7 Å². The second kappa shape index (κ2) is 8.97. The molecule has 172 valence electrons. The summed E-state index contributed by atoms with van der Waals surface area (Å²) >= 11 is 0. The lowest BCUT2D eigenvalue weighted by Crippen LogP contribution is -2.45. The van der Waals surface area contributed by atoms with Gasteiger partial charge in [0.2, 0.25) is 0 Å². The molecular weight excluding hydrogens is 408 g/mol. The number of hydrogen-bond acceptors (Lipinski definition) is 5. The first-order valence-corrected chi connectivity index (χ1v) is 14.3. The zero-order valence-electron chi connectivity index (χ0n) is 20.1. The molecular formula is C25H38O5Si. The Morgan fingerprint density at radius 3 is 1.94 bits per heavy atom. The zero-order chi connectivity index (χ0) is 23.0. The number of carbonyl (C=O) groups excluding carboxylic acids is 2. The van der Waals surface area contributed by atoms with Crippen LogP contribution >= 0.6 is 0 Å². The minimum atomic E-state index is -1.99. The van der Waals surface area contributed by atoms with Crippen molar-refractivity contribution in [2.75, 3.05) is 14.2 Å². The predicted octanol–water partition coefficient (Wildman–Crippen LogP) is 5.88. The van der Waals surface area contributed by atoms with Gasteiger partial charge in [-0.15, -0.1) is 0 Å². The number of Topliss-reactive ketones (excluding diaryl/α,β-unsaturated/α-hetero) is 1. The second-order valence-corrected chi connectivity index (χ2v) is 15.7. The summed E-state index contributed by atoms with van der Waals surface area (Å²) in [5, 5.41) is 0.0687. The molecule has 1 aromatic rings. The standard InChI is InChI=1S/C15H24O4Si.C10H14O/c1-15(2,3)20(6,7)19-13-10-11(14(16)18-5)8-9-12(13)17-4;11-10-8-2-6-1-7(4-8)5-9(10)3-6/h8-10H,1-7H3;6-9H,1-5H2. The molecule has 6 heteroatoms. The van der Waals surface area contributed by atoms with Gasteiger partial charge in [0.05, 0.1) is 19.8 Å². The molecule has 5 nitrogen and oxygen atoms in total. The normalized spacial score (nSPS) is 26.7. The molecule has 0 unspecified atom stereocenters. The van der Waals surface area contributed by atoms with Gasteiger partial charge < -0.3 is 13.9 Å². The Morgan fingerprint density at radius 2 is 1.48 bits per heavy atom. The summed E-state index contributed by atoms with van der Waals surface area (Å²) in [6, 6.07) is 5.09. The van der Waals surface area contributed by atoms with Crippen molar-refractivity contribution >= 4 is 20.1 Å². The third-order valence-electron chi connectivity index (χ3n) is 7.70. The molecule has 0 radical (unpaired) electrons. The fourth-order valence-corrected chi connectivity index (χ4v) is 6.09. The number of hydrogen-bond donors (Lipinski definition) is 0. The molecule has 4 bridgehead atoms. The molecule has 4 aliphatic rings. The van der Waals surface area contributed by atoms with E-state index in [9.17, 15) is 9.59 Å². The van der Waals surface area contributed by atoms with E-state index in [2.05, 4.69) is 33.9 Å². The van der Waals surface area contributed by atoms with Crippen molar-refractivity contribution in [3.05, 3.63) is 23.8 Å². The van der Waals surface area contributed by atoms with Crippen LogP contribution in [0.25, 0.3) is 0 Å². The Kier molecular flexibility index (Phi) is 6.89. The smallest absolute Gasteiger partial charge is 0.337 e. The number of ketones is 1. The van der Waals surface area contributed by atoms with E-state index in [1.807, 2.05) is 0 Å². The molecule has 0 heterocycles. The van der Waals surface area contributed by atoms with E-state index < -0.39 is 8.32 Å². The maximum atomic E-state index is 11.6. The summed E-state index contributed by atoms with van der Waals surface area (Å²) < 4.78 is 16.3. The highest BCUT2D eigenvalue weighted by Gasteiger charge is 2.47. The predicted molar refractivity (Wildman–Crippen MR) is 124 cm³/mol. The molecule has 0 spiro atoms. The molecule has 0 N–H and O–H groups in total. The molecule has 4 aliphatic carbocycles. The second-order valence-electron chi connectivity index (χ2n) is 10.9. The Hall–Kier alpha value is -1.82. The van der Waals surface area contributed by atoms with Crippen molar-refractivity contribution in [2.45, 2.75) is 71.0 Å². The summed E-state index contributed by atoms with van der Waals surface area (Å²) in [5.74, 6) is 4.36. The van der Waals surface area contributed by atoms with Crippen LogP contribution in [0.1, 0.15) is 63.2 Å². The summed E-state index contributed by atoms with van der Waals surface area (Å²) in [6.07, 6.45) is 6.41. The summed E-state index contributed by atoms with van der Waals surface area (Å²) in [5.41, 5.74) is 0.460. The maximum Gasteiger partial charge on any atom is 0.337 e. The van der Waals surface area contributed by atoms with Crippen LogP contribution < -0.4 is 9.16 Å². The number of ether oxygens (including phenoxy) is 2. The van der Waals surface area contributed by atoms with Crippen molar-refractivity contribution in [3.8, 4) is 11.5 Å². The van der Waals surface area contributed by atoms with Crippen LogP contribution in [0.3, 0.4) is 0 Å². The molecule has 0 aromatic heterocycles. The van der Waals surface area contributed by atoms with Crippen LogP contribution in [0.5, 0.6) is 11.5 Å². The third-order valence-corrected chi connectivity index (χ3v) is 12.0. The minimum absolute atomic E-state index is 0.0687. The van der Waals surface area contributed by atoms with Gasteiger partial charge in [0.1, 0.15) is 11.5 Å². The maximum absolute atomic E-state index is 11.6. The van der Waals surface area contributed by atoms with Crippen LogP contribution in [0.15, 0.2) is 18.2 Å². The van der Waals surface area contributed by atoms with Gasteiger partial charge >= 0.3 is 5.97 Å². The Labute approximate surface area is 188 Å². The topological polar surface area (TPSA) is 61.8 Å². The lowest BCUT2D eigenvalue weighted by Gasteiger charge is -2.48. The summed E-state index contributed by atoms with van der Waals surface area (Å²) in [4.78, 5) is 23.2. The molecule has 0 aliphatic heterocycles. The van der Waals surface area contributed by atoms with Gasteiger partial charge in [-0.05, 0) is 80.3 Å². The molecule has 31 heavy (non-hydrogen) atoms. The molecule has 4 saturated carbocycles. The van der Waals surface area contributed by atoms with Gasteiger partial charge in [0, 0.05) is 11.8 Å². The van der Waals surface area contributed by atoms with E-state index in [1.54, 1.807) is 25.3 Å². The first kappa shape index (κ1) is 23.8. The Balaban J connectivity index is 0.000000204. The van der Waals surface area contributed by atoms with Crippen molar-refractivity contribution in [1.29, 1.82) is 0 Å². The molecule has 4 fully saturated rings. The van der Waals surface area contributed by atoms with Crippen molar-refractivity contribution in [3.63, 3.8) is 0 Å². The number of benzene rings is 1. The average Bonchev–Trinajstić information content (AvgIpc) is 2.70. The fraction of sp³-hybridized carbons (Fsp3) is 0.680. The molecule has 0 atom stereocenters. The third kappa shape index (κ3) is 5.16. The number of carbonyl (C=O) groups is 2. The van der Waals surface area contributed by atoms with Crippen molar-refractivity contribution < 1.29 is 23.5 Å². The van der Waals surface area contributed by atoms with Gasteiger partial charge in [-0.2, -0.15) is 0 Å². The van der Waals surface area contributed by atoms with E-state index in [1.165, 1.54) is 39.2 Å². The first-order valence-electron chi connectivity index (χ1n) is 11.4. The van der Waals surface area contributed by atoms with Crippen LogP contribution in [0.2, 0.25) is 18.1 Å². The zero-order valence-corrected chi connectivity index (χ0v) is 21.1. The highest BCUT2D eigenvalue weighted by Crippen LogP contribution is 2.51. The van der Waals surface area contributed by atoms with Crippen LogP contribution in [-0.4, -0.2) is 34.3 Å². The SMILES string of the molecule is COC(=O)c1ccc(OC)c(O[Si](C)(C)C(C)(C)C)c1.O=C1C2CC3CC(C2)CC1C3. The first-order chi connectivity index (χ1) is 14.4. The fourth-order valence-electron chi connectivity index (χ4n) is 5.08. The van der Waals surface area contributed by atoms with E-state index in [0.29, 0.717) is 34.7 Å². The molecule has 1 aromatic carbocycles. The molecule has 0 amide bonds. The van der Waals surface area contributed by atoms with Crippen LogP contribution in [-0.2, 0) is 9.53 Å². The van der Waals surface area contributed by atoms with Gasteiger partial charge in [-0.25, -0.2) is 4.79 Å². The lowest BCUT2D eigenvalue weighted by molar-refractivity contribution is -0.139. The highest BCUT2D eigenvalue weighted by atomic mass is 28.4. The lowest BCUT2D eigenvalue weighted by atomic mass is 9.56. The van der Waals surface area contributed by atoms with Gasteiger partial charge in [-0.3, -0.25) is 4.79 Å². The van der Waals surface area contributed by atoms with E-state index in [0.717, 1.165) is 11.8 Å². The molecule has 5 rings (SSSR count). The number of rotatable bonds is 4. The largest absolute Gasteiger partial charge is 0.541 e. The number of esters is 1. The van der Waals surface area contributed by atoms with Gasteiger partial charge in [0.25, 0.3) is 8.32 Å². The average molecular weight is 447 g/mol. The Morgan fingerprint density at radius 1 is 0.935 bits per heavy atom. The van der Waals surface area contributed by atoms with E-state index in [-0.39, 0.29) is 11.0 Å². The summed E-state index contributed by atoms with van der Waals surface area (Å²) in [7, 11) is 0.958.